The lowest BCUT2D eigenvalue weighted by atomic mass is 9.81. The molecule has 0 aromatic heterocycles. The van der Waals surface area contributed by atoms with Crippen LogP contribution in [0.1, 0.15) is 131 Å². The Hall–Kier alpha value is -3.26. The second kappa shape index (κ2) is 23.8. The molecule has 3 heterocycles. The Morgan fingerprint density at radius 3 is 2.37 bits per heavy atom. The van der Waals surface area contributed by atoms with Crippen LogP contribution in [0.3, 0.4) is 0 Å². The van der Waals surface area contributed by atoms with Crippen LogP contribution in [0.5, 0.6) is 0 Å². The number of methoxy groups -OCH3 is 2. The molecule has 13 atom stereocenters. The smallest absolute Gasteiger partial charge is 0.329 e. The normalized spacial score (nSPS) is 36.2. The number of aliphatic hydroxyl groups is 1. The van der Waals surface area contributed by atoms with Crippen LogP contribution in [-0.2, 0) is 49.3 Å². The molecule has 1 aliphatic carbocycles. The third kappa shape index (κ3) is 13.2. The first-order valence-electron chi connectivity index (χ1n) is 23.9. The lowest BCUT2D eigenvalue weighted by Crippen LogP contribution is -2.64. The number of rotatable bonds is 10. The molecule has 12 nitrogen and oxygen atoms in total. The molecular formula is C51H78N2O10. The second-order valence-electron chi connectivity index (χ2n) is 19.4. The average molecular weight is 879 g/mol. The molecule has 3 N–H and O–H groups in total. The average Bonchev–Trinajstić information content (AvgIpc) is 3.28. The highest BCUT2D eigenvalue weighted by Gasteiger charge is 2.56. The zero-order valence-electron chi connectivity index (χ0n) is 39.4. The number of nitrogens with zero attached hydrogens (tertiary/aromatic N) is 1. The first-order chi connectivity index (χ1) is 30.1. The molecule has 2 saturated heterocycles. The number of carbonyl (C=O) groups excluding carboxylic acids is 4. The van der Waals surface area contributed by atoms with Gasteiger partial charge in [-0.3, -0.25) is 14.4 Å². The van der Waals surface area contributed by atoms with E-state index in [-0.39, 0.29) is 54.6 Å². The Morgan fingerprint density at radius 1 is 0.952 bits per heavy atom. The van der Waals surface area contributed by atoms with Gasteiger partial charge in [-0.25, -0.2) is 4.79 Å². The standard InChI is InChI=1S/C51H78N2O10/c1-9-39-27-32(2)26-33(3)28-44(59-7)47-45(60-8)30-36(6)51(58,63-47)48(55)49(56)53-24-14-13-19-41(53)50(57)62-46(34(4)20-23-42(39)54)35(5)29-38-21-22-40(52)43(31-38)61-25-15-18-37-16-11-10-12-17-37/h10-12,16-17,27,29,33-34,36,38-41,43-47,58H,9,13-15,18-26,28,30-31,52H2,1-8H3. The van der Waals surface area contributed by atoms with Gasteiger partial charge in [-0.15, -0.1) is 0 Å². The highest BCUT2D eigenvalue weighted by molar-refractivity contribution is 6.39. The van der Waals surface area contributed by atoms with E-state index in [1.807, 2.05) is 45.9 Å². The van der Waals surface area contributed by atoms with E-state index in [1.165, 1.54) is 10.5 Å². The Balaban J connectivity index is 1.42. The summed E-state index contributed by atoms with van der Waals surface area (Å²) in [5.74, 6) is -6.06. The topological polar surface area (TPSA) is 164 Å². The van der Waals surface area contributed by atoms with Crippen LogP contribution < -0.4 is 5.73 Å². The molecule has 13 unspecified atom stereocenters. The third-order valence-corrected chi connectivity index (χ3v) is 14.3. The number of fused-ring (bicyclic) bond motifs is 3. The highest BCUT2D eigenvalue weighted by atomic mass is 16.7. The van der Waals surface area contributed by atoms with Crippen LogP contribution in [-0.4, -0.2) is 109 Å². The van der Waals surface area contributed by atoms with Crippen molar-refractivity contribution >= 4 is 23.4 Å². The minimum absolute atomic E-state index is 0.0673. The van der Waals surface area contributed by atoms with Crippen molar-refractivity contribution in [2.75, 3.05) is 27.4 Å². The predicted molar refractivity (Wildman–Crippen MR) is 242 cm³/mol. The van der Waals surface area contributed by atoms with Gasteiger partial charge in [-0.1, -0.05) is 75.8 Å². The van der Waals surface area contributed by atoms with Gasteiger partial charge in [0.1, 0.15) is 24.0 Å². The maximum atomic E-state index is 14.5. The van der Waals surface area contributed by atoms with Crippen molar-refractivity contribution in [2.24, 2.45) is 35.3 Å². The van der Waals surface area contributed by atoms with E-state index in [9.17, 15) is 24.3 Å². The molecular weight excluding hydrogens is 801 g/mol. The molecule has 4 aliphatic rings. The van der Waals surface area contributed by atoms with Crippen molar-refractivity contribution in [3.63, 3.8) is 0 Å². The first-order valence-corrected chi connectivity index (χ1v) is 23.9. The maximum Gasteiger partial charge on any atom is 0.329 e. The van der Waals surface area contributed by atoms with E-state index in [4.69, 9.17) is 29.4 Å². The molecule has 0 radical (unpaired) electrons. The number of hydrogen-bond donors (Lipinski definition) is 2. The molecule has 352 valence electrons. The molecule has 3 aliphatic heterocycles. The summed E-state index contributed by atoms with van der Waals surface area (Å²) in [6.45, 7) is 12.6. The number of nitrogens with two attached hydrogens (primary N) is 1. The van der Waals surface area contributed by atoms with Gasteiger partial charge in [0, 0.05) is 51.7 Å². The molecule has 1 aromatic rings. The number of aryl methyl sites for hydroxylation is 1. The zero-order chi connectivity index (χ0) is 45.8. The van der Waals surface area contributed by atoms with Crippen LogP contribution >= 0.6 is 0 Å². The third-order valence-electron chi connectivity index (χ3n) is 14.3. The van der Waals surface area contributed by atoms with Crippen LogP contribution in [0.25, 0.3) is 0 Å². The summed E-state index contributed by atoms with van der Waals surface area (Å²) in [6.07, 6.45) is 10.3. The lowest BCUT2D eigenvalue weighted by Gasteiger charge is -2.47. The fourth-order valence-corrected chi connectivity index (χ4v) is 10.5. The first kappa shape index (κ1) is 50.7. The van der Waals surface area contributed by atoms with Crippen molar-refractivity contribution in [1.29, 1.82) is 0 Å². The van der Waals surface area contributed by atoms with E-state index in [2.05, 4.69) is 31.2 Å². The number of hydrogen-bond acceptors (Lipinski definition) is 11. The molecule has 5 rings (SSSR count). The summed E-state index contributed by atoms with van der Waals surface area (Å²) in [4.78, 5) is 58.3. The number of Topliss-reactive ketones (excluding diaryl/α,β-unsaturated/α-hetero) is 2. The maximum absolute atomic E-state index is 14.5. The molecule has 12 heteroatoms. The highest BCUT2D eigenvalue weighted by Crippen LogP contribution is 2.39. The minimum atomic E-state index is -2.46. The van der Waals surface area contributed by atoms with Gasteiger partial charge in [-0.2, -0.15) is 0 Å². The monoisotopic (exact) mass is 879 g/mol. The molecule has 0 spiro atoms. The van der Waals surface area contributed by atoms with E-state index in [1.54, 1.807) is 21.1 Å². The van der Waals surface area contributed by atoms with Gasteiger partial charge in [0.25, 0.3) is 11.7 Å². The minimum Gasteiger partial charge on any atom is -0.456 e. The molecule has 1 amide bonds. The Labute approximate surface area is 377 Å². The number of allylic oxidation sites excluding steroid dienone is 3. The number of cyclic esters (lactones) is 1. The summed E-state index contributed by atoms with van der Waals surface area (Å²) in [7, 11) is 3.12. The van der Waals surface area contributed by atoms with E-state index >= 15 is 0 Å². The summed E-state index contributed by atoms with van der Waals surface area (Å²) in [5.41, 5.74) is 9.83. The van der Waals surface area contributed by atoms with Gasteiger partial charge >= 0.3 is 5.97 Å². The van der Waals surface area contributed by atoms with Crippen LogP contribution in [0.15, 0.2) is 53.6 Å². The Kier molecular flexibility index (Phi) is 19.2. The summed E-state index contributed by atoms with van der Waals surface area (Å²) < 4.78 is 31.0. The zero-order valence-corrected chi connectivity index (χ0v) is 39.4. The van der Waals surface area contributed by atoms with Gasteiger partial charge < -0.3 is 39.4 Å². The molecule has 1 aromatic carbocycles. The van der Waals surface area contributed by atoms with Crippen molar-refractivity contribution in [3.05, 3.63) is 59.2 Å². The summed E-state index contributed by atoms with van der Waals surface area (Å²) in [6, 6.07) is 9.27. The Bertz CT molecular complexity index is 1730. The number of carbonyl (C=O) groups is 4. The molecule has 1 saturated carbocycles. The second-order valence-corrected chi connectivity index (χ2v) is 19.4. The van der Waals surface area contributed by atoms with Crippen molar-refractivity contribution in [3.8, 4) is 0 Å². The Morgan fingerprint density at radius 2 is 1.67 bits per heavy atom. The number of amides is 1. The number of piperidine rings is 1. The largest absolute Gasteiger partial charge is 0.456 e. The fraction of sp³-hybridized carbons (Fsp3) is 0.725. The SMILES string of the molecule is CCC1C=C(C)CC(C)CC(OC)C2OC(O)(C(=O)C(=O)N3CCCCC3C(=O)OC(C(C)=CC3CCC(N)C(OCCCc4ccccc4)C3)C(C)CCC1=O)C(C)CC2OC. The molecule has 2 bridgehead atoms. The molecule has 3 fully saturated rings. The molecule has 63 heavy (non-hydrogen) atoms. The van der Waals surface area contributed by atoms with Crippen molar-refractivity contribution < 1.29 is 48.0 Å². The number of esters is 1. The van der Waals surface area contributed by atoms with Gasteiger partial charge in [0.05, 0.1) is 18.3 Å². The number of ether oxygens (including phenoxy) is 5. The van der Waals surface area contributed by atoms with Crippen molar-refractivity contribution in [1.82, 2.24) is 4.90 Å². The van der Waals surface area contributed by atoms with E-state index in [0.717, 1.165) is 43.3 Å². The van der Waals surface area contributed by atoms with Gasteiger partial charge in [0.2, 0.25) is 5.79 Å². The van der Waals surface area contributed by atoms with Crippen LogP contribution in [0, 0.1) is 29.6 Å². The van der Waals surface area contributed by atoms with Gasteiger partial charge in [-0.05, 0) is 126 Å². The summed E-state index contributed by atoms with van der Waals surface area (Å²) >= 11 is 0. The lowest BCUT2D eigenvalue weighted by molar-refractivity contribution is -0.302. The van der Waals surface area contributed by atoms with Crippen molar-refractivity contribution in [2.45, 2.75) is 180 Å². The number of benzene rings is 1. The van der Waals surface area contributed by atoms with E-state index in [0.29, 0.717) is 58.0 Å². The van der Waals surface area contributed by atoms with Gasteiger partial charge in [0.15, 0.2) is 0 Å². The fourth-order valence-electron chi connectivity index (χ4n) is 10.5. The quantitative estimate of drug-likeness (QED) is 0.104. The summed E-state index contributed by atoms with van der Waals surface area (Å²) in [5, 5.41) is 12.1. The van der Waals surface area contributed by atoms with E-state index < -0.39 is 59.8 Å². The van der Waals surface area contributed by atoms with Crippen LogP contribution in [0.4, 0.5) is 0 Å². The van der Waals surface area contributed by atoms with Crippen LogP contribution in [0.2, 0.25) is 0 Å². The number of ketones is 2. The predicted octanol–water partition coefficient (Wildman–Crippen LogP) is 7.47.